The van der Waals surface area contributed by atoms with Gasteiger partial charge in [0.05, 0.1) is 18.7 Å². The van der Waals surface area contributed by atoms with Crippen molar-refractivity contribution in [3.8, 4) is 11.8 Å². The number of benzene rings is 2. The molecular formula is C19H19N3O3. The fraction of sp³-hybridized carbons (Fsp3) is 0.211. The molecule has 0 radical (unpaired) electrons. The van der Waals surface area contributed by atoms with Crippen LogP contribution in [0.4, 0.5) is 11.4 Å². The number of hydrogen-bond acceptors (Lipinski definition) is 4. The summed E-state index contributed by atoms with van der Waals surface area (Å²) in [5, 5.41) is 14.3. The second kappa shape index (κ2) is 7.49. The molecule has 0 unspecified atom stereocenters. The minimum absolute atomic E-state index is 0.429. The number of rotatable bonds is 5. The Morgan fingerprint density at radius 1 is 1.00 bits per heavy atom. The molecule has 0 aromatic heterocycles. The van der Waals surface area contributed by atoms with E-state index >= 15 is 0 Å². The van der Waals surface area contributed by atoms with Gasteiger partial charge in [-0.3, -0.25) is 9.59 Å². The van der Waals surface area contributed by atoms with E-state index in [1.54, 1.807) is 55.6 Å². The van der Waals surface area contributed by atoms with E-state index < -0.39 is 17.2 Å². The highest BCUT2D eigenvalue weighted by atomic mass is 16.5. The first-order valence-corrected chi connectivity index (χ1v) is 7.64. The smallest absolute Gasteiger partial charge is 0.239 e. The van der Waals surface area contributed by atoms with Crippen LogP contribution in [-0.4, -0.2) is 18.9 Å². The molecule has 2 amide bonds. The summed E-state index contributed by atoms with van der Waals surface area (Å²) in [7, 11) is 1.56. The summed E-state index contributed by atoms with van der Waals surface area (Å²) in [4.78, 5) is 25.0. The summed E-state index contributed by atoms with van der Waals surface area (Å²) in [6.45, 7) is 3.07. The maximum atomic E-state index is 12.5. The van der Waals surface area contributed by atoms with Crippen molar-refractivity contribution in [2.45, 2.75) is 13.8 Å². The van der Waals surface area contributed by atoms with E-state index in [1.807, 2.05) is 6.07 Å². The summed E-state index contributed by atoms with van der Waals surface area (Å²) < 4.78 is 5.07. The number of carbonyl (C=O) groups is 2. The molecule has 0 fully saturated rings. The van der Waals surface area contributed by atoms with Crippen LogP contribution in [0.2, 0.25) is 0 Å². The Morgan fingerprint density at radius 2 is 1.60 bits per heavy atom. The number of nitrogens with zero attached hydrogens (tertiary/aromatic N) is 1. The van der Waals surface area contributed by atoms with Gasteiger partial charge in [0.1, 0.15) is 11.2 Å². The Labute approximate surface area is 146 Å². The predicted octanol–water partition coefficient (Wildman–Crippen LogP) is 3.17. The fourth-order valence-electron chi connectivity index (χ4n) is 2.02. The van der Waals surface area contributed by atoms with E-state index in [9.17, 15) is 9.59 Å². The molecule has 6 nitrogen and oxygen atoms in total. The third-order valence-corrected chi connectivity index (χ3v) is 3.73. The second-order valence-electron chi connectivity index (χ2n) is 5.95. The van der Waals surface area contributed by atoms with Gasteiger partial charge in [-0.05, 0) is 56.3 Å². The summed E-state index contributed by atoms with van der Waals surface area (Å²) >= 11 is 0. The van der Waals surface area contributed by atoms with Gasteiger partial charge < -0.3 is 15.4 Å². The largest absolute Gasteiger partial charge is 0.497 e. The lowest BCUT2D eigenvalue weighted by Crippen LogP contribution is -2.41. The van der Waals surface area contributed by atoms with E-state index in [1.165, 1.54) is 13.8 Å². The van der Waals surface area contributed by atoms with Gasteiger partial charge in [0, 0.05) is 11.4 Å². The van der Waals surface area contributed by atoms with E-state index in [-0.39, 0.29) is 0 Å². The number of nitrogens with one attached hydrogen (secondary N) is 2. The van der Waals surface area contributed by atoms with Gasteiger partial charge in [-0.15, -0.1) is 0 Å². The minimum Gasteiger partial charge on any atom is -0.497 e. The Balaban J connectivity index is 2.08. The van der Waals surface area contributed by atoms with Gasteiger partial charge in [0.2, 0.25) is 11.8 Å². The third-order valence-electron chi connectivity index (χ3n) is 3.73. The number of carbonyl (C=O) groups excluding carboxylic acids is 2. The van der Waals surface area contributed by atoms with Crippen molar-refractivity contribution in [3.05, 3.63) is 54.1 Å². The van der Waals surface area contributed by atoms with Crippen molar-refractivity contribution < 1.29 is 14.3 Å². The van der Waals surface area contributed by atoms with Crippen molar-refractivity contribution in [1.29, 1.82) is 5.26 Å². The Bertz CT molecular complexity index is 821. The molecule has 2 aromatic rings. The van der Waals surface area contributed by atoms with Crippen molar-refractivity contribution in [1.82, 2.24) is 0 Å². The van der Waals surface area contributed by atoms with Crippen LogP contribution in [-0.2, 0) is 9.59 Å². The van der Waals surface area contributed by atoms with E-state index in [0.717, 1.165) is 0 Å². The van der Waals surface area contributed by atoms with E-state index in [4.69, 9.17) is 10.00 Å². The first-order valence-electron chi connectivity index (χ1n) is 7.64. The summed E-state index contributed by atoms with van der Waals surface area (Å²) in [5.74, 6) is -0.229. The second-order valence-corrected chi connectivity index (χ2v) is 5.95. The molecule has 0 aliphatic carbocycles. The van der Waals surface area contributed by atoms with Crippen LogP contribution in [0.5, 0.6) is 5.75 Å². The van der Waals surface area contributed by atoms with Gasteiger partial charge in [-0.25, -0.2) is 0 Å². The summed E-state index contributed by atoms with van der Waals surface area (Å²) in [6.07, 6.45) is 0. The van der Waals surface area contributed by atoms with Crippen molar-refractivity contribution in [2.75, 3.05) is 17.7 Å². The molecule has 25 heavy (non-hydrogen) atoms. The average Bonchev–Trinajstić information content (AvgIpc) is 2.62. The molecular weight excluding hydrogens is 318 g/mol. The molecule has 0 aliphatic heterocycles. The van der Waals surface area contributed by atoms with E-state index in [2.05, 4.69) is 10.6 Å². The van der Waals surface area contributed by atoms with Gasteiger partial charge in [-0.2, -0.15) is 5.26 Å². The van der Waals surface area contributed by atoms with Crippen molar-refractivity contribution in [2.24, 2.45) is 5.41 Å². The molecule has 6 heteroatoms. The topological polar surface area (TPSA) is 91.2 Å². The monoisotopic (exact) mass is 337 g/mol. The maximum absolute atomic E-state index is 12.5. The lowest BCUT2D eigenvalue weighted by molar-refractivity contribution is -0.135. The van der Waals surface area contributed by atoms with Crippen molar-refractivity contribution in [3.63, 3.8) is 0 Å². The molecule has 2 aromatic carbocycles. The Hall–Kier alpha value is -3.33. The Morgan fingerprint density at radius 3 is 2.16 bits per heavy atom. The molecule has 0 spiro atoms. The Kier molecular flexibility index (Phi) is 5.40. The standard InChI is InChI=1S/C19H19N3O3/c1-19(2,17(23)21-14-7-9-16(25-3)10-8-14)18(24)22-15-6-4-5-13(11-15)12-20/h4-11H,1-3H3,(H,21,23)(H,22,24). The quantitative estimate of drug-likeness (QED) is 0.820. The maximum Gasteiger partial charge on any atom is 0.239 e. The zero-order valence-corrected chi connectivity index (χ0v) is 14.3. The molecule has 128 valence electrons. The highest BCUT2D eigenvalue weighted by Gasteiger charge is 2.36. The number of anilines is 2. The SMILES string of the molecule is COc1ccc(NC(=O)C(C)(C)C(=O)Nc2cccc(C#N)c2)cc1. The summed E-state index contributed by atoms with van der Waals surface area (Å²) in [6, 6.07) is 15.3. The normalized spacial score (nSPS) is 10.5. The molecule has 0 heterocycles. The van der Waals surface area contributed by atoms with Gasteiger partial charge >= 0.3 is 0 Å². The number of hydrogen-bond donors (Lipinski definition) is 2. The highest BCUT2D eigenvalue weighted by molar-refractivity contribution is 6.14. The number of methoxy groups -OCH3 is 1. The zero-order valence-electron chi connectivity index (χ0n) is 14.3. The first-order chi connectivity index (χ1) is 11.9. The summed E-state index contributed by atoms with van der Waals surface area (Å²) in [5.41, 5.74) is 0.161. The van der Waals surface area contributed by atoms with Gasteiger partial charge in [0.15, 0.2) is 0 Å². The molecule has 0 saturated heterocycles. The van der Waals surface area contributed by atoms with Crippen LogP contribution in [0.3, 0.4) is 0 Å². The van der Waals surface area contributed by atoms with Crippen LogP contribution in [0.25, 0.3) is 0 Å². The lowest BCUT2D eigenvalue weighted by Gasteiger charge is -2.23. The molecule has 2 N–H and O–H groups in total. The molecule has 2 rings (SSSR count). The minimum atomic E-state index is -1.30. The van der Waals surface area contributed by atoms with Crippen molar-refractivity contribution >= 4 is 23.2 Å². The number of nitriles is 1. The van der Waals surface area contributed by atoms with Crippen LogP contribution >= 0.6 is 0 Å². The fourth-order valence-corrected chi connectivity index (χ4v) is 2.02. The molecule has 0 aliphatic rings. The zero-order chi connectivity index (χ0) is 18.4. The number of amides is 2. The van der Waals surface area contributed by atoms with Crippen LogP contribution in [0.15, 0.2) is 48.5 Å². The lowest BCUT2D eigenvalue weighted by atomic mass is 9.90. The predicted molar refractivity (Wildman–Crippen MR) is 95.2 cm³/mol. The first kappa shape index (κ1) is 18.0. The highest BCUT2D eigenvalue weighted by Crippen LogP contribution is 2.23. The van der Waals surface area contributed by atoms with Crippen LogP contribution < -0.4 is 15.4 Å². The third kappa shape index (κ3) is 4.36. The van der Waals surface area contributed by atoms with Gasteiger partial charge in [-0.1, -0.05) is 6.07 Å². The molecule has 0 bridgehead atoms. The van der Waals surface area contributed by atoms with Gasteiger partial charge in [0.25, 0.3) is 0 Å². The van der Waals surface area contributed by atoms with E-state index in [0.29, 0.717) is 22.7 Å². The number of ether oxygens (including phenoxy) is 1. The van der Waals surface area contributed by atoms with Crippen LogP contribution in [0, 0.1) is 16.7 Å². The molecule has 0 saturated carbocycles. The van der Waals surface area contributed by atoms with Crippen LogP contribution in [0.1, 0.15) is 19.4 Å². The average molecular weight is 337 g/mol. The molecule has 0 atom stereocenters.